The predicted octanol–water partition coefficient (Wildman–Crippen LogP) is 3.81. The fourth-order valence-corrected chi connectivity index (χ4v) is 2.96. The summed E-state index contributed by atoms with van der Waals surface area (Å²) in [5, 5.41) is 1.99. The number of benzene rings is 2. The zero-order valence-corrected chi connectivity index (χ0v) is 14.0. The molecule has 1 aliphatic rings. The van der Waals surface area contributed by atoms with Gasteiger partial charge in [0.2, 0.25) is 0 Å². The van der Waals surface area contributed by atoms with Gasteiger partial charge in [-0.25, -0.2) is 4.79 Å². The lowest BCUT2D eigenvalue weighted by Crippen LogP contribution is -2.31. The molecule has 0 radical (unpaired) electrons. The molecule has 128 valence electrons. The van der Waals surface area contributed by atoms with Gasteiger partial charge in [-0.05, 0) is 18.6 Å². The highest BCUT2D eigenvalue weighted by molar-refractivity contribution is 5.97. The van der Waals surface area contributed by atoms with Gasteiger partial charge in [-0.2, -0.15) is 0 Å². The summed E-state index contributed by atoms with van der Waals surface area (Å²) in [7, 11) is 0. The van der Waals surface area contributed by atoms with E-state index in [4.69, 9.17) is 15.2 Å². The molecule has 0 bridgehead atoms. The zero-order valence-electron chi connectivity index (χ0n) is 14.0. The third kappa shape index (κ3) is 3.55. The maximum absolute atomic E-state index is 12.0. The Labute approximate surface area is 142 Å². The number of nitrogen functional groups attached to an aromatic ring is 1. The van der Waals surface area contributed by atoms with Gasteiger partial charge in [-0.15, -0.1) is 0 Å². The lowest BCUT2D eigenvalue weighted by molar-refractivity contribution is 0.104. The second kappa shape index (κ2) is 7.43. The normalized spacial score (nSPS) is 17.2. The third-order valence-corrected chi connectivity index (χ3v) is 4.34. The summed E-state index contributed by atoms with van der Waals surface area (Å²) in [5.74, 6) is 0.811. The van der Waals surface area contributed by atoms with Gasteiger partial charge in [0.1, 0.15) is 11.9 Å². The van der Waals surface area contributed by atoms with Crippen LogP contribution >= 0.6 is 0 Å². The van der Waals surface area contributed by atoms with Crippen molar-refractivity contribution >= 4 is 22.6 Å². The number of nitrogens with zero attached hydrogens (tertiary/aromatic N) is 1. The first-order valence-electron chi connectivity index (χ1n) is 8.54. The molecule has 5 heteroatoms. The van der Waals surface area contributed by atoms with E-state index in [0.29, 0.717) is 19.7 Å². The van der Waals surface area contributed by atoms with E-state index in [1.807, 2.05) is 36.4 Å². The number of ether oxygens (including phenoxy) is 2. The molecule has 0 spiro atoms. The van der Waals surface area contributed by atoms with Gasteiger partial charge in [0, 0.05) is 29.4 Å². The van der Waals surface area contributed by atoms with Crippen LogP contribution in [0.3, 0.4) is 0 Å². The largest absolute Gasteiger partial charge is 0.488 e. The van der Waals surface area contributed by atoms with Crippen LogP contribution in [0, 0.1) is 0 Å². The fourth-order valence-electron chi connectivity index (χ4n) is 2.96. The summed E-state index contributed by atoms with van der Waals surface area (Å²) in [4.78, 5) is 13.7. The fraction of sp³-hybridized carbons (Fsp3) is 0.421. The molecule has 3 rings (SSSR count). The highest BCUT2D eigenvalue weighted by Crippen LogP contribution is 2.31. The molecular formula is C19H24N2O3. The monoisotopic (exact) mass is 328 g/mol. The van der Waals surface area contributed by atoms with Crippen LogP contribution in [-0.2, 0) is 4.74 Å². The minimum Gasteiger partial charge on any atom is -0.488 e. The number of hydrogen-bond acceptors (Lipinski definition) is 4. The van der Waals surface area contributed by atoms with Crippen molar-refractivity contribution in [1.29, 1.82) is 0 Å². The Kier molecular flexibility index (Phi) is 5.08. The molecule has 0 unspecified atom stereocenters. The van der Waals surface area contributed by atoms with Crippen LogP contribution in [0.25, 0.3) is 10.8 Å². The molecule has 1 fully saturated rings. The molecule has 1 amide bonds. The minimum atomic E-state index is -0.239. The number of likely N-dealkylation sites (tertiary alicyclic amines) is 1. The summed E-state index contributed by atoms with van der Waals surface area (Å²) in [6, 6.07) is 11.7. The van der Waals surface area contributed by atoms with Crippen molar-refractivity contribution in [3.8, 4) is 5.75 Å². The van der Waals surface area contributed by atoms with Gasteiger partial charge < -0.3 is 20.1 Å². The van der Waals surface area contributed by atoms with Crippen molar-refractivity contribution in [2.75, 3.05) is 25.4 Å². The van der Waals surface area contributed by atoms with E-state index in [1.165, 1.54) is 0 Å². The summed E-state index contributed by atoms with van der Waals surface area (Å²) >= 11 is 0. The maximum atomic E-state index is 12.0. The number of fused-ring (bicyclic) bond motifs is 1. The maximum Gasteiger partial charge on any atom is 0.409 e. The molecule has 1 saturated heterocycles. The molecular weight excluding hydrogens is 304 g/mol. The van der Waals surface area contributed by atoms with Crippen LogP contribution in [-0.4, -0.2) is 36.8 Å². The van der Waals surface area contributed by atoms with Crippen LogP contribution in [0.5, 0.6) is 5.75 Å². The highest BCUT2D eigenvalue weighted by atomic mass is 16.6. The molecule has 0 aromatic heterocycles. The number of hydrogen-bond donors (Lipinski definition) is 1. The Hall–Kier alpha value is -2.43. The first-order valence-corrected chi connectivity index (χ1v) is 8.54. The number of carbonyl (C=O) groups is 1. The van der Waals surface area contributed by atoms with Crippen LogP contribution in [0.15, 0.2) is 36.4 Å². The molecule has 1 heterocycles. The van der Waals surface area contributed by atoms with Crippen molar-refractivity contribution < 1.29 is 14.3 Å². The first kappa shape index (κ1) is 16.4. The van der Waals surface area contributed by atoms with Crippen molar-refractivity contribution in [2.24, 2.45) is 0 Å². The summed E-state index contributed by atoms with van der Waals surface area (Å²) in [6.07, 6.45) is 2.47. The smallest absolute Gasteiger partial charge is 0.409 e. The molecule has 2 aromatic rings. The third-order valence-electron chi connectivity index (χ3n) is 4.34. The Morgan fingerprint density at radius 2 is 2.04 bits per heavy atom. The van der Waals surface area contributed by atoms with E-state index in [2.05, 4.69) is 6.92 Å². The van der Waals surface area contributed by atoms with Crippen molar-refractivity contribution in [2.45, 2.75) is 32.3 Å². The summed E-state index contributed by atoms with van der Waals surface area (Å²) in [5.41, 5.74) is 6.77. The predicted molar refractivity (Wildman–Crippen MR) is 95.2 cm³/mol. The number of nitrogens with two attached hydrogens (primary N) is 1. The van der Waals surface area contributed by atoms with E-state index < -0.39 is 0 Å². The molecule has 1 aliphatic heterocycles. The minimum absolute atomic E-state index is 0.0178. The van der Waals surface area contributed by atoms with Gasteiger partial charge in [-0.1, -0.05) is 37.6 Å². The molecule has 0 aliphatic carbocycles. The van der Waals surface area contributed by atoms with Crippen LogP contribution in [0.4, 0.5) is 10.5 Å². The van der Waals surface area contributed by atoms with Gasteiger partial charge in [0.15, 0.2) is 0 Å². The molecule has 24 heavy (non-hydrogen) atoms. The van der Waals surface area contributed by atoms with Crippen molar-refractivity contribution in [3.63, 3.8) is 0 Å². The number of unbranched alkanes of at least 4 members (excludes halogenated alkanes) is 1. The van der Waals surface area contributed by atoms with Gasteiger partial charge >= 0.3 is 6.09 Å². The number of carbonyl (C=O) groups excluding carboxylic acids is 1. The Morgan fingerprint density at radius 3 is 2.83 bits per heavy atom. The van der Waals surface area contributed by atoms with Crippen molar-refractivity contribution in [1.82, 2.24) is 4.90 Å². The Morgan fingerprint density at radius 1 is 1.25 bits per heavy atom. The summed E-state index contributed by atoms with van der Waals surface area (Å²) < 4.78 is 11.4. The van der Waals surface area contributed by atoms with Crippen molar-refractivity contribution in [3.05, 3.63) is 36.4 Å². The van der Waals surface area contributed by atoms with E-state index in [1.54, 1.807) is 4.90 Å². The van der Waals surface area contributed by atoms with Crippen LogP contribution in [0.2, 0.25) is 0 Å². The average molecular weight is 328 g/mol. The molecule has 2 N–H and O–H groups in total. The molecule has 2 aromatic carbocycles. The van der Waals surface area contributed by atoms with E-state index >= 15 is 0 Å². The lowest BCUT2D eigenvalue weighted by atomic mass is 10.1. The Bertz CT molecular complexity index is 717. The molecule has 1 atom stereocenters. The number of anilines is 1. The number of rotatable bonds is 5. The quantitative estimate of drug-likeness (QED) is 0.669. The van der Waals surface area contributed by atoms with E-state index in [9.17, 15) is 4.79 Å². The zero-order chi connectivity index (χ0) is 16.9. The van der Waals surface area contributed by atoms with Crippen LogP contribution in [0.1, 0.15) is 26.2 Å². The summed E-state index contributed by atoms with van der Waals surface area (Å²) in [6.45, 7) is 3.79. The molecule has 0 saturated carbocycles. The lowest BCUT2D eigenvalue weighted by Gasteiger charge is -2.18. The number of amides is 1. The Balaban J connectivity index is 1.64. The van der Waals surface area contributed by atoms with E-state index in [0.717, 1.165) is 41.5 Å². The van der Waals surface area contributed by atoms with E-state index in [-0.39, 0.29) is 12.2 Å². The van der Waals surface area contributed by atoms with Gasteiger partial charge in [0.25, 0.3) is 0 Å². The van der Waals surface area contributed by atoms with Crippen LogP contribution < -0.4 is 10.5 Å². The average Bonchev–Trinajstić information content (AvgIpc) is 3.06. The van der Waals surface area contributed by atoms with Gasteiger partial charge in [0.05, 0.1) is 13.2 Å². The topological polar surface area (TPSA) is 64.8 Å². The second-order valence-electron chi connectivity index (χ2n) is 6.14. The first-order chi connectivity index (χ1) is 11.7. The standard InChI is InChI=1S/C19H24N2O3/c1-2-3-12-23-19(22)21-11-10-14(13-21)24-18-9-8-17(20)15-6-4-5-7-16(15)18/h4-9,14H,2-3,10-13,20H2,1H3/t14-/m1/s1. The molecule has 5 nitrogen and oxygen atoms in total. The highest BCUT2D eigenvalue weighted by Gasteiger charge is 2.28. The second-order valence-corrected chi connectivity index (χ2v) is 6.14. The van der Waals surface area contributed by atoms with Gasteiger partial charge in [-0.3, -0.25) is 0 Å². The SMILES string of the molecule is CCCCOC(=O)N1CC[C@@H](Oc2ccc(N)c3ccccc23)C1.